The molecule has 1 aromatic carbocycles. The lowest BCUT2D eigenvalue weighted by molar-refractivity contribution is 0.814. The maximum absolute atomic E-state index is 12.3. The van der Waals surface area contributed by atoms with Crippen molar-refractivity contribution < 1.29 is 0 Å². The third-order valence-electron chi connectivity index (χ3n) is 3.41. The minimum atomic E-state index is -0.374. The summed E-state index contributed by atoms with van der Waals surface area (Å²) in [6.45, 7) is 4.16. The molecule has 0 aliphatic rings. The highest BCUT2D eigenvalue weighted by Gasteiger charge is 2.11. The highest BCUT2D eigenvalue weighted by Crippen LogP contribution is 2.21. The quantitative estimate of drug-likeness (QED) is 0.882. The summed E-state index contributed by atoms with van der Waals surface area (Å²) in [6.07, 6.45) is 0. The Bertz CT molecular complexity index is 815. The molecule has 2 aromatic rings. The summed E-state index contributed by atoms with van der Waals surface area (Å²) >= 11 is 4.91. The zero-order valence-corrected chi connectivity index (χ0v) is 12.7. The first-order chi connectivity index (χ1) is 9.93. The number of pyridine rings is 1. The fourth-order valence-electron chi connectivity index (χ4n) is 2.13. The van der Waals surface area contributed by atoms with E-state index < -0.39 is 0 Å². The van der Waals surface area contributed by atoms with Gasteiger partial charge in [-0.15, -0.1) is 0 Å². The third kappa shape index (κ3) is 3.01. The van der Waals surface area contributed by atoms with Crippen molar-refractivity contribution in [2.45, 2.75) is 20.4 Å². The molecule has 1 aromatic heterocycles. The molecular weight excluding hydrogens is 282 g/mol. The predicted octanol–water partition coefficient (Wildman–Crippen LogP) is 2.29. The average Bonchev–Trinajstić information content (AvgIpc) is 2.44. The van der Waals surface area contributed by atoms with Gasteiger partial charge in [0, 0.05) is 0 Å². The van der Waals surface area contributed by atoms with Gasteiger partial charge in [-0.05, 0) is 48.7 Å². The molecular formula is C16H15N3OS. The van der Waals surface area contributed by atoms with E-state index in [2.05, 4.69) is 0 Å². The van der Waals surface area contributed by atoms with Gasteiger partial charge in [-0.3, -0.25) is 4.79 Å². The van der Waals surface area contributed by atoms with Crippen LogP contribution in [0.15, 0.2) is 35.1 Å². The summed E-state index contributed by atoms with van der Waals surface area (Å²) in [5, 5.41) is 8.99. The molecule has 5 heteroatoms. The van der Waals surface area contributed by atoms with Crippen molar-refractivity contribution in [1.29, 1.82) is 5.26 Å². The Balaban J connectivity index is 2.70. The van der Waals surface area contributed by atoms with E-state index in [0.29, 0.717) is 5.69 Å². The minimum Gasteiger partial charge on any atom is -0.392 e. The molecule has 0 saturated heterocycles. The van der Waals surface area contributed by atoms with Gasteiger partial charge in [-0.1, -0.05) is 24.4 Å². The molecule has 106 valence electrons. The number of nitriles is 1. The lowest BCUT2D eigenvalue weighted by atomic mass is 10.0. The van der Waals surface area contributed by atoms with Crippen LogP contribution in [0.5, 0.6) is 0 Å². The predicted molar refractivity (Wildman–Crippen MR) is 87.1 cm³/mol. The summed E-state index contributed by atoms with van der Waals surface area (Å²) in [6, 6.07) is 11.1. The first-order valence-electron chi connectivity index (χ1n) is 6.44. The topological polar surface area (TPSA) is 71.8 Å². The zero-order valence-electron chi connectivity index (χ0n) is 11.9. The lowest BCUT2D eigenvalue weighted by Gasteiger charge is -2.14. The second-order valence-corrected chi connectivity index (χ2v) is 5.43. The van der Waals surface area contributed by atoms with Crippen molar-refractivity contribution in [3.63, 3.8) is 0 Å². The molecule has 21 heavy (non-hydrogen) atoms. The molecule has 2 rings (SSSR count). The van der Waals surface area contributed by atoms with Gasteiger partial charge >= 0.3 is 0 Å². The van der Waals surface area contributed by atoms with Crippen LogP contribution in [0.1, 0.15) is 16.7 Å². The molecule has 1 heterocycles. The molecule has 0 aliphatic carbocycles. The normalized spacial score (nSPS) is 10.1. The second kappa shape index (κ2) is 5.90. The van der Waals surface area contributed by atoms with E-state index in [1.165, 1.54) is 16.2 Å². The van der Waals surface area contributed by atoms with E-state index in [4.69, 9.17) is 23.2 Å². The molecule has 0 spiro atoms. The van der Waals surface area contributed by atoms with Gasteiger partial charge in [-0.25, -0.2) is 0 Å². The van der Waals surface area contributed by atoms with Crippen LogP contribution in [0.2, 0.25) is 0 Å². The highest BCUT2D eigenvalue weighted by molar-refractivity contribution is 7.80. The van der Waals surface area contributed by atoms with Crippen molar-refractivity contribution in [2.75, 3.05) is 0 Å². The Hall–Kier alpha value is -2.45. The van der Waals surface area contributed by atoms with Gasteiger partial charge in [0.15, 0.2) is 0 Å². The van der Waals surface area contributed by atoms with Gasteiger partial charge in [0.25, 0.3) is 5.56 Å². The van der Waals surface area contributed by atoms with E-state index in [-0.39, 0.29) is 22.7 Å². The Kier molecular flexibility index (Phi) is 4.20. The van der Waals surface area contributed by atoms with Crippen molar-refractivity contribution in [3.8, 4) is 17.3 Å². The van der Waals surface area contributed by atoms with Crippen LogP contribution < -0.4 is 11.3 Å². The Morgan fingerprint density at radius 2 is 2.00 bits per heavy atom. The highest BCUT2D eigenvalue weighted by atomic mass is 32.1. The van der Waals surface area contributed by atoms with Crippen molar-refractivity contribution in [2.24, 2.45) is 5.73 Å². The summed E-state index contributed by atoms with van der Waals surface area (Å²) in [5.41, 5.74) is 9.19. The standard InChI is InChI=1S/C16H15N3OS/c1-10-3-4-12(7-11(10)2)14-6-5-13(8-17)16(20)19(14)9-15(18)21/h3-7H,9H2,1-2H3,(H2,18,21). The van der Waals surface area contributed by atoms with E-state index in [1.807, 2.05) is 38.1 Å². The number of aromatic nitrogens is 1. The molecule has 0 atom stereocenters. The number of nitrogens with zero attached hydrogens (tertiary/aromatic N) is 2. The average molecular weight is 297 g/mol. The van der Waals surface area contributed by atoms with Gasteiger partial charge in [0.2, 0.25) is 0 Å². The van der Waals surface area contributed by atoms with Gasteiger partial charge in [0.05, 0.1) is 17.2 Å². The lowest BCUT2D eigenvalue weighted by Crippen LogP contribution is -2.29. The van der Waals surface area contributed by atoms with Crippen molar-refractivity contribution in [3.05, 3.63) is 57.4 Å². The van der Waals surface area contributed by atoms with E-state index >= 15 is 0 Å². The van der Waals surface area contributed by atoms with Crippen molar-refractivity contribution >= 4 is 17.2 Å². The van der Waals surface area contributed by atoms with E-state index in [9.17, 15) is 4.79 Å². The molecule has 0 bridgehead atoms. The third-order valence-corrected chi connectivity index (χ3v) is 3.54. The molecule has 0 amide bonds. The Morgan fingerprint density at radius 3 is 2.57 bits per heavy atom. The first-order valence-corrected chi connectivity index (χ1v) is 6.84. The number of hydrogen-bond donors (Lipinski definition) is 1. The molecule has 0 saturated carbocycles. The summed E-state index contributed by atoms with van der Waals surface area (Å²) < 4.78 is 1.45. The number of hydrogen-bond acceptors (Lipinski definition) is 3. The second-order valence-electron chi connectivity index (χ2n) is 4.90. The molecule has 4 nitrogen and oxygen atoms in total. The maximum atomic E-state index is 12.3. The number of thiocarbonyl (C=S) groups is 1. The van der Waals surface area contributed by atoms with Gasteiger partial charge < -0.3 is 10.3 Å². The van der Waals surface area contributed by atoms with Crippen LogP contribution >= 0.6 is 12.2 Å². The summed E-state index contributed by atoms with van der Waals surface area (Å²) in [7, 11) is 0. The smallest absolute Gasteiger partial charge is 0.269 e. The monoisotopic (exact) mass is 297 g/mol. The largest absolute Gasteiger partial charge is 0.392 e. The number of benzene rings is 1. The van der Waals surface area contributed by atoms with Crippen molar-refractivity contribution in [1.82, 2.24) is 4.57 Å². The van der Waals surface area contributed by atoms with E-state index in [1.54, 1.807) is 6.07 Å². The SMILES string of the molecule is Cc1ccc(-c2ccc(C#N)c(=O)n2CC(N)=S)cc1C. The number of aryl methyl sites for hydroxylation is 2. The minimum absolute atomic E-state index is 0.0823. The van der Waals surface area contributed by atoms with Crippen LogP contribution in [0, 0.1) is 25.2 Å². The van der Waals surface area contributed by atoms with E-state index in [0.717, 1.165) is 11.1 Å². The molecule has 2 N–H and O–H groups in total. The molecule has 0 fully saturated rings. The van der Waals surface area contributed by atoms with Gasteiger partial charge in [0.1, 0.15) is 11.6 Å². The van der Waals surface area contributed by atoms with Crippen LogP contribution in [0.4, 0.5) is 0 Å². The number of rotatable bonds is 3. The fourth-order valence-corrected chi connectivity index (χ4v) is 2.26. The number of nitrogens with two attached hydrogens (primary N) is 1. The summed E-state index contributed by atoms with van der Waals surface area (Å²) in [4.78, 5) is 12.5. The molecule has 0 radical (unpaired) electrons. The Morgan fingerprint density at radius 1 is 1.29 bits per heavy atom. The van der Waals surface area contributed by atoms with Gasteiger partial charge in [-0.2, -0.15) is 5.26 Å². The first kappa shape index (κ1) is 14.9. The fraction of sp³-hybridized carbons (Fsp3) is 0.188. The zero-order chi connectivity index (χ0) is 15.6. The van der Waals surface area contributed by atoms with Crippen LogP contribution in [-0.4, -0.2) is 9.56 Å². The molecule has 0 unspecified atom stereocenters. The van der Waals surface area contributed by atoms with Crippen LogP contribution in [0.25, 0.3) is 11.3 Å². The van der Waals surface area contributed by atoms with Crippen LogP contribution in [-0.2, 0) is 6.54 Å². The Labute approximate surface area is 128 Å². The molecule has 0 aliphatic heterocycles. The summed E-state index contributed by atoms with van der Waals surface area (Å²) in [5.74, 6) is 0. The van der Waals surface area contributed by atoms with Crippen LogP contribution in [0.3, 0.4) is 0 Å². The maximum Gasteiger partial charge on any atom is 0.269 e.